The second-order valence-corrected chi connectivity index (χ2v) is 7.12. The van der Waals surface area contributed by atoms with Crippen LogP contribution in [0.15, 0.2) is 39.3 Å². The van der Waals surface area contributed by atoms with Crippen LogP contribution in [0.5, 0.6) is 0 Å². The molecule has 0 saturated heterocycles. The maximum atomic E-state index is 12.1. The highest BCUT2D eigenvalue weighted by Crippen LogP contribution is 2.20. The molecule has 0 atom stereocenters. The molecule has 2 amide bonds. The quantitative estimate of drug-likeness (QED) is 0.618. The van der Waals surface area contributed by atoms with Crippen molar-refractivity contribution < 1.29 is 18.5 Å². The number of benzene rings is 1. The van der Waals surface area contributed by atoms with E-state index >= 15 is 0 Å². The molecule has 0 aliphatic heterocycles. The van der Waals surface area contributed by atoms with Crippen molar-refractivity contribution in [3.8, 4) is 11.4 Å². The number of nitrogens with zero attached hydrogens (tertiary/aromatic N) is 2. The smallest absolute Gasteiger partial charge is 0.273 e. The van der Waals surface area contributed by atoms with Crippen LogP contribution in [0, 0.1) is 13.8 Å². The number of nitrogens with one attached hydrogen (secondary N) is 2. The number of aromatic nitrogens is 2. The zero-order chi connectivity index (χ0) is 21.0. The van der Waals surface area contributed by atoms with Crippen LogP contribution in [0.1, 0.15) is 59.5 Å². The number of hydrogen-bond donors (Lipinski definition) is 2. The molecule has 8 heteroatoms. The van der Waals surface area contributed by atoms with Gasteiger partial charge < -0.3 is 8.94 Å². The van der Waals surface area contributed by atoms with Crippen LogP contribution in [0.3, 0.4) is 0 Å². The van der Waals surface area contributed by atoms with Crippen molar-refractivity contribution in [2.24, 2.45) is 0 Å². The molecule has 0 radical (unpaired) electrons. The fourth-order valence-electron chi connectivity index (χ4n) is 2.82. The molecule has 0 fully saturated rings. The van der Waals surface area contributed by atoms with E-state index in [9.17, 15) is 9.59 Å². The van der Waals surface area contributed by atoms with Gasteiger partial charge in [-0.1, -0.05) is 43.3 Å². The van der Waals surface area contributed by atoms with Gasteiger partial charge in [0, 0.05) is 18.4 Å². The van der Waals surface area contributed by atoms with Crippen molar-refractivity contribution in [2.75, 3.05) is 0 Å². The van der Waals surface area contributed by atoms with Gasteiger partial charge in [0.2, 0.25) is 17.6 Å². The van der Waals surface area contributed by atoms with Crippen LogP contribution in [-0.2, 0) is 11.2 Å². The Kier molecular flexibility index (Phi) is 6.11. The van der Waals surface area contributed by atoms with Crippen LogP contribution >= 0.6 is 0 Å². The number of hydrogen-bond acceptors (Lipinski definition) is 6. The van der Waals surface area contributed by atoms with Gasteiger partial charge >= 0.3 is 0 Å². The SMILES string of the molecule is Cc1cc(C(=O)NNC(=O)CCc2nc(-c3ccc(C(C)C)cc3)no2)c(C)o1. The highest BCUT2D eigenvalue weighted by Gasteiger charge is 2.15. The maximum Gasteiger partial charge on any atom is 0.273 e. The fourth-order valence-corrected chi connectivity index (χ4v) is 2.82. The Bertz CT molecular complexity index is 1000. The second-order valence-electron chi connectivity index (χ2n) is 7.12. The van der Waals surface area contributed by atoms with Crippen LogP contribution in [0.4, 0.5) is 0 Å². The lowest BCUT2D eigenvalue weighted by Crippen LogP contribution is -2.41. The van der Waals surface area contributed by atoms with Gasteiger partial charge in [-0.2, -0.15) is 4.98 Å². The first kappa shape index (κ1) is 20.3. The average Bonchev–Trinajstić information content (AvgIpc) is 3.30. The van der Waals surface area contributed by atoms with Gasteiger partial charge in [0.25, 0.3) is 5.91 Å². The zero-order valence-electron chi connectivity index (χ0n) is 16.9. The summed E-state index contributed by atoms with van der Waals surface area (Å²) in [5.41, 5.74) is 7.21. The van der Waals surface area contributed by atoms with Crippen molar-refractivity contribution >= 4 is 11.8 Å². The molecule has 0 unspecified atom stereocenters. The molecule has 3 rings (SSSR count). The van der Waals surface area contributed by atoms with E-state index < -0.39 is 5.91 Å². The van der Waals surface area contributed by atoms with Crippen LogP contribution in [0.2, 0.25) is 0 Å². The van der Waals surface area contributed by atoms with Crippen molar-refractivity contribution in [1.29, 1.82) is 0 Å². The first-order valence-corrected chi connectivity index (χ1v) is 9.42. The number of amides is 2. The Balaban J connectivity index is 1.49. The first-order chi connectivity index (χ1) is 13.8. The Morgan fingerprint density at radius 1 is 1.10 bits per heavy atom. The summed E-state index contributed by atoms with van der Waals surface area (Å²) in [7, 11) is 0. The van der Waals surface area contributed by atoms with E-state index in [2.05, 4.69) is 34.8 Å². The van der Waals surface area contributed by atoms with E-state index in [0.717, 1.165) is 5.56 Å². The first-order valence-electron chi connectivity index (χ1n) is 9.42. The van der Waals surface area contributed by atoms with Crippen molar-refractivity contribution in [3.05, 3.63) is 58.9 Å². The lowest BCUT2D eigenvalue weighted by molar-refractivity contribution is -0.121. The summed E-state index contributed by atoms with van der Waals surface area (Å²) in [6, 6.07) is 9.59. The molecule has 0 spiro atoms. The summed E-state index contributed by atoms with van der Waals surface area (Å²) in [4.78, 5) is 28.4. The summed E-state index contributed by atoms with van der Waals surface area (Å²) in [6.45, 7) is 7.70. The summed E-state index contributed by atoms with van der Waals surface area (Å²) in [5.74, 6) is 1.62. The van der Waals surface area contributed by atoms with Gasteiger partial charge in [-0.15, -0.1) is 0 Å². The van der Waals surface area contributed by atoms with E-state index in [1.54, 1.807) is 19.9 Å². The predicted molar refractivity (Wildman–Crippen MR) is 106 cm³/mol. The zero-order valence-corrected chi connectivity index (χ0v) is 16.9. The molecule has 0 aliphatic carbocycles. The number of furan rings is 1. The van der Waals surface area contributed by atoms with E-state index in [1.807, 2.05) is 24.3 Å². The average molecular weight is 396 g/mol. The molecule has 8 nitrogen and oxygen atoms in total. The standard InChI is InChI=1S/C21H24N4O4/c1-12(2)15-5-7-16(8-6-15)20-22-19(29-25-20)10-9-18(26)23-24-21(27)17-11-13(3)28-14(17)4/h5-8,11-12H,9-10H2,1-4H3,(H,23,26)(H,24,27). The fraction of sp³-hybridized carbons (Fsp3) is 0.333. The third-order valence-corrected chi connectivity index (χ3v) is 4.47. The normalized spacial score (nSPS) is 10.9. The Morgan fingerprint density at radius 3 is 2.45 bits per heavy atom. The second kappa shape index (κ2) is 8.72. The summed E-state index contributed by atoms with van der Waals surface area (Å²) < 4.78 is 10.5. The van der Waals surface area contributed by atoms with Crippen LogP contribution in [0.25, 0.3) is 11.4 Å². The number of carbonyl (C=O) groups excluding carboxylic acids is 2. The lowest BCUT2D eigenvalue weighted by Gasteiger charge is -2.05. The molecule has 1 aromatic carbocycles. The van der Waals surface area contributed by atoms with Crippen molar-refractivity contribution in [1.82, 2.24) is 21.0 Å². The monoisotopic (exact) mass is 396 g/mol. The summed E-state index contributed by atoms with van der Waals surface area (Å²) in [5, 5.41) is 3.97. The molecule has 0 saturated carbocycles. The summed E-state index contributed by atoms with van der Waals surface area (Å²) >= 11 is 0. The minimum absolute atomic E-state index is 0.0948. The Hall–Kier alpha value is -3.42. The highest BCUT2D eigenvalue weighted by atomic mass is 16.5. The molecular weight excluding hydrogens is 372 g/mol. The van der Waals surface area contributed by atoms with Crippen molar-refractivity contribution in [2.45, 2.75) is 46.5 Å². The lowest BCUT2D eigenvalue weighted by atomic mass is 10.0. The molecule has 2 aromatic heterocycles. The maximum absolute atomic E-state index is 12.1. The van der Waals surface area contributed by atoms with Gasteiger partial charge in [-0.05, 0) is 31.4 Å². The van der Waals surface area contributed by atoms with Crippen LogP contribution < -0.4 is 10.9 Å². The Morgan fingerprint density at radius 2 is 1.83 bits per heavy atom. The third kappa shape index (κ3) is 5.10. The van der Waals surface area contributed by atoms with Gasteiger partial charge in [0.05, 0.1) is 5.56 Å². The van der Waals surface area contributed by atoms with E-state index in [4.69, 9.17) is 8.94 Å². The molecule has 2 N–H and O–H groups in total. The third-order valence-electron chi connectivity index (χ3n) is 4.47. The predicted octanol–water partition coefficient (Wildman–Crippen LogP) is 3.46. The highest BCUT2D eigenvalue weighted by molar-refractivity contribution is 5.96. The number of carbonyl (C=O) groups is 2. The minimum Gasteiger partial charge on any atom is -0.466 e. The number of aryl methyl sites for hydroxylation is 3. The molecule has 152 valence electrons. The van der Waals surface area contributed by atoms with Crippen LogP contribution in [-0.4, -0.2) is 22.0 Å². The molecule has 3 aromatic rings. The molecule has 0 aliphatic rings. The topological polar surface area (TPSA) is 110 Å². The summed E-state index contributed by atoms with van der Waals surface area (Å²) in [6.07, 6.45) is 0.361. The minimum atomic E-state index is -0.433. The molecule has 2 heterocycles. The van der Waals surface area contributed by atoms with Gasteiger partial charge in [0.15, 0.2) is 0 Å². The number of rotatable bonds is 6. The van der Waals surface area contributed by atoms with E-state index in [-0.39, 0.29) is 18.7 Å². The number of hydrazine groups is 1. The van der Waals surface area contributed by atoms with Gasteiger partial charge in [0.1, 0.15) is 11.5 Å². The van der Waals surface area contributed by atoms with Crippen molar-refractivity contribution in [3.63, 3.8) is 0 Å². The molecule has 29 heavy (non-hydrogen) atoms. The van der Waals surface area contributed by atoms with Gasteiger partial charge in [-0.25, -0.2) is 0 Å². The van der Waals surface area contributed by atoms with E-state index in [1.165, 1.54) is 5.56 Å². The molecule has 0 bridgehead atoms. The van der Waals surface area contributed by atoms with Gasteiger partial charge in [-0.3, -0.25) is 20.4 Å². The Labute approximate surface area is 168 Å². The largest absolute Gasteiger partial charge is 0.466 e. The van der Waals surface area contributed by atoms with E-state index in [0.29, 0.717) is 34.7 Å². The molecular formula is C21H24N4O4.